The van der Waals surface area contributed by atoms with E-state index in [1.54, 1.807) is 24.3 Å². The minimum absolute atomic E-state index is 0.210. The van der Waals surface area contributed by atoms with E-state index in [1.165, 1.54) is 12.0 Å². The van der Waals surface area contributed by atoms with Crippen LogP contribution in [-0.2, 0) is 19.9 Å². The van der Waals surface area contributed by atoms with Gasteiger partial charge in [-0.05, 0) is 25.1 Å². The van der Waals surface area contributed by atoms with Crippen LogP contribution >= 0.6 is 0 Å². The zero-order valence-electron chi connectivity index (χ0n) is 15.5. The van der Waals surface area contributed by atoms with E-state index in [4.69, 9.17) is 4.74 Å². The van der Waals surface area contributed by atoms with Crippen molar-refractivity contribution in [3.8, 4) is 5.75 Å². The number of amides is 3. The van der Waals surface area contributed by atoms with Crippen molar-refractivity contribution >= 4 is 29.1 Å². The Morgan fingerprint density at radius 1 is 1.04 bits per heavy atom. The highest BCUT2D eigenvalue weighted by Crippen LogP contribution is 2.50. The van der Waals surface area contributed by atoms with Gasteiger partial charge in [-0.15, -0.1) is 0 Å². The van der Waals surface area contributed by atoms with Gasteiger partial charge < -0.3 is 15.4 Å². The maximum atomic E-state index is 13.6. The predicted molar refractivity (Wildman–Crippen MR) is 101 cm³/mol. The van der Waals surface area contributed by atoms with E-state index in [2.05, 4.69) is 5.32 Å². The van der Waals surface area contributed by atoms with Gasteiger partial charge in [0.1, 0.15) is 17.6 Å². The molecule has 0 unspecified atom stereocenters. The average Bonchev–Trinajstić information content (AvgIpc) is 3.26. The van der Waals surface area contributed by atoms with Gasteiger partial charge in [-0.3, -0.25) is 14.4 Å². The smallest absolute Gasteiger partial charge is 0.291 e. The Balaban J connectivity index is 1.68. The van der Waals surface area contributed by atoms with Gasteiger partial charge in [-0.25, -0.2) is 4.90 Å². The SMILES string of the molecule is COc1ccccc1N1C(=O)[C@@H]2[C@@H](C1=O)[C@]1([NH2+][C@@H]2C)C(=O)Nc2ccccc21. The van der Waals surface area contributed by atoms with Crippen molar-refractivity contribution in [2.45, 2.75) is 18.5 Å². The summed E-state index contributed by atoms with van der Waals surface area (Å²) >= 11 is 0. The second kappa shape index (κ2) is 5.65. The molecule has 0 bridgehead atoms. The van der Waals surface area contributed by atoms with Crippen molar-refractivity contribution in [1.82, 2.24) is 0 Å². The van der Waals surface area contributed by atoms with Crippen molar-refractivity contribution in [2.24, 2.45) is 11.8 Å². The van der Waals surface area contributed by atoms with Gasteiger partial charge in [0, 0.05) is 5.56 Å². The molecule has 0 radical (unpaired) electrons. The number of fused-ring (bicyclic) bond motifs is 4. The molecule has 1 spiro atoms. The quantitative estimate of drug-likeness (QED) is 0.749. The van der Waals surface area contributed by atoms with Gasteiger partial charge in [-0.2, -0.15) is 0 Å². The van der Waals surface area contributed by atoms with Crippen LogP contribution in [0.15, 0.2) is 48.5 Å². The van der Waals surface area contributed by atoms with Crippen LogP contribution in [-0.4, -0.2) is 30.9 Å². The number of quaternary nitrogens is 1. The van der Waals surface area contributed by atoms with Crippen LogP contribution in [0.2, 0.25) is 0 Å². The van der Waals surface area contributed by atoms with E-state index >= 15 is 0 Å². The number of para-hydroxylation sites is 3. The molecule has 0 saturated carbocycles. The lowest BCUT2D eigenvalue weighted by atomic mass is 9.76. The molecule has 3 heterocycles. The summed E-state index contributed by atoms with van der Waals surface area (Å²) in [5, 5.41) is 4.79. The highest BCUT2D eigenvalue weighted by molar-refractivity contribution is 6.25. The number of carbonyl (C=O) groups excluding carboxylic acids is 3. The van der Waals surface area contributed by atoms with Crippen molar-refractivity contribution in [2.75, 3.05) is 17.3 Å². The molecular formula is C21H20N3O4+. The lowest BCUT2D eigenvalue weighted by Gasteiger charge is -2.26. The molecule has 3 aliphatic rings. The van der Waals surface area contributed by atoms with Crippen LogP contribution in [0.25, 0.3) is 0 Å². The predicted octanol–water partition coefficient (Wildman–Crippen LogP) is 0.614. The van der Waals surface area contributed by atoms with Crippen LogP contribution in [0, 0.1) is 11.8 Å². The van der Waals surface area contributed by atoms with Crippen LogP contribution in [0.1, 0.15) is 12.5 Å². The number of ether oxygens (including phenoxy) is 1. The lowest BCUT2D eigenvalue weighted by molar-refractivity contribution is -0.730. The molecule has 142 valence electrons. The van der Waals surface area contributed by atoms with Gasteiger partial charge in [0.05, 0.1) is 24.5 Å². The van der Waals surface area contributed by atoms with Gasteiger partial charge in [0.25, 0.3) is 5.91 Å². The summed E-state index contributed by atoms with van der Waals surface area (Å²) in [5.74, 6) is -1.76. The van der Waals surface area contributed by atoms with E-state index in [-0.39, 0.29) is 23.8 Å². The first-order valence-electron chi connectivity index (χ1n) is 9.28. The Hall–Kier alpha value is -3.19. The van der Waals surface area contributed by atoms with E-state index < -0.39 is 17.4 Å². The second-order valence-electron chi connectivity index (χ2n) is 7.58. The van der Waals surface area contributed by atoms with Crippen LogP contribution in [0.4, 0.5) is 11.4 Å². The molecule has 7 heteroatoms. The largest absolute Gasteiger partial charge is 0.495 e. The Morgan fingerprint density at radius 2 is 1.75 bits per heavy atom. The first kappa shape index (κ1) is 16.9. The zero-order chi connectivity index (χ0) is 19.6. The summed E-state index contributed by atoms with van der Waals surface area (Å²) in [6.45, 7) is 1.90. The molecule has 5 rings (SSSR count). The number of benzene rings is 2. The van der Waals surface area contributed by atoms with E-state index in [9.17, 15) is 14.4 Å². The van der Waals surface area contributed by atoms with Crippen LogP contribution in [0.3, 0.4) is 0 Å². The number of nitrogens with one attached hydrogen (secondary N) is 1. The molecule has 0 aromatic heterocycles. The molecule has 3 N–H and O–H groups in total. The van der Waals surface area contributed by atoms with Crippen molar-refractivity contribution in [1.29, 1.82) is 0 Å². The summed E-state index contributed by atoms with van der Waals surface area (Å²) in [7, 11) is 1.50. The second-order valence-corrected chi connectivity index (χ2v) is 7.58. The monoisotopic (exact) mass is 378 g/mol. The fourth-order valence-electron chi connectivity index (χ4n) is 5.15. The molecule has 2 aromatic rings. The molecule has 3 aliphatic heterocycles. The number of hydrogen-bond donors (Lipinski definition) is 2. The number of methoxy groups -OCH3 is 1. The third kappa shape index (κ3) is 1.89. The molecular weight excluding hydrogens is 358 g/mol. The zero-order valence-corrected chi connectivity index (χ0v) is 15.5. The number of rotatable bonds is 2. The van der Waals surface area contributed by atoms with Gasteiger partial charge >= 0.3 is 0 Å². The molecule has 2 aromatic carbocycles. The van der Waals surface area contributed by atoms with Gasteiger partial charge in [-0.1, -0.05) is 30.3 Å². The molecule has 3 amide bonds. The Kier molecular flexibility index (Phi) is 3.42. The standard InChI is InChI=1S/C21H19N3O4/c1-11-16-17(21(23-11)12-7-3-4-8-13(12)22-20(21)27)19(26)24(18(16)25)14-9-5-6-10-15(14)28-2/h3-11,16-17,23H,1-2H3,(H,22,27)/p+1/t11-,16+,17+,21+/m1/s1. The molecule has 4 atom stereocenters. The molecule has 2 saturated heterocycles. The topological polar surface area (TPSA) is 92.3 Å². The normalized spacial score (nSPS) is 30.6. The summed E-state index contributed by atoms with van der Waals surface area (Å²) in [6.07, 6.45) is 0. The average molecular weight is 378 g/mol. The lowest BCUT2D eigenvalue weighted by Crippen LogP contribution is -2.98. The minimum Gasteiger partial charge on any atom is -0.495 e. The Morgan fingerprint density at radius 3 is 2.54 bits per heavy atom. The highest BCUT2D eigenvalue weighted by Gasteiger charge is 2.73. The fourth-order valence-corrected chi connectivity index (χ4v) is 5.15. The summed E-state index contributed by atoms with van der Waals surface area (Å²) < 4.78 is 5.36. The van der Waals surface area contributed by atoms with Crippen LogP contribution < -0.4 is 20.3 Å². The minimum atomic E-state index is -1.12. The Labute approximate surface area is 161 Å². The number of nitrogens with zero attached hydrogens (tertiary/aromatic N) is 1. The van der Waals surface area contributed by atoms with Gasteiger partial charge in [0.2, 0.25) is 17.4 Å². The van der Waals surface area contributed by atoms with Crippen LogP contribution in [0.5, 0.6) is 5.75 Å². The Bertz CT molecular complexity index is 1040. The van der Waals surface area contributed by atoms with E-state index in [0.29, 0.717) is 17.1 Å². The third-order valence-electron chi connectivity index (χ3n) is 6.26. The van der Waals surface area contributed by atoms with Crippen molar-refractivity contribution in [3.63, 3.8) is 0 Å². The van der Waals surface area contributed by atoms with E-state index in [0.717, 1.165) is 5.56 Å². The molecule has 7 nitrogen and oxygen atoms in total. The molecule has 2 fully saturated rings. The van der Waals surface area contributed by atoms with Crippen molar-refractivity contribution < 1.29 is 24.4 Å². The van der Waals surface area contributed by atoms with Crippen molar-refractivity contribution in [3.05, 3.63) is 54.1 Å². The third-order valence-corrected chi connectivity index (χ3v) is 6.26. The maximum Gasteiger partial charge on any atom is 0.291 e. The highest BCUT2D eigenvalue weighted by atomic mass is 16.5. The number of imide groups is 1. The maximum absolute atomic E-state index is 13.6. The fraction of sp³-hybridized carbons (Fsp3) is 0.286. The number of carbonyl (C=O) groups is 3. The number of hydrogen-bond acceptors (Lipinski definition) is 4. The van der Waals surface area contributed by atoms with Gasteiger partial charge in [0.15, 0.2) is 0 Å². The first-order valence-corrected chi connectivity index (χ1v) is 9.28. The number of nitrogens with two attached hydrogens (primary N) is 1. The first-order chi connectivity index (χ1) is 13.5. The molecule has 0 aliphatic carbocycles. The van der Waals surface area contributed by atoms with E-state index in [1.807, 2.05) is 36.5 Å². The molecule has 28 heavy (non-hydrogen) atoms. The summed E-state index contributed by atoms with van der Waals surface area (Å²) in [5.41, 5.74) is 0.767. The summed E-state index contributed by atoms with van der Waals surface area (Å²) in [6, 6.07) is 14.1. The summed E-state index contributed by atoms with van der Waals surface area (Å²) in [4.78, 5) is 41.2. The number of anilines is 2.